The highest BCUT2D eigenvalue weighted by Gasteiger charge is 2.26. The summed E-state index contributed by atoms with van der Waals surface area (Å²) in [6.45, 7) is 3.53. The van der Waals surface area contributed by atoms with Crippen LogP contribution in [0.15, 0.2) is 42.5 Å². The van der Waals surface area contributed by atoms with Gasteiger partial charge in [0.05, 0.1) is 12.7 Å². The first kappa shape index (κ1) is 19.4. The Labute approximate surface area is 163 Å². The van der Waals surface area contributed by atoms with Crippen LogP contribution in [0.4, 0.5) is 0 Å². The van der Waals surface area contributed by atoms with Crippen LogP contribution in [0.2, 0.25) is 0 Å². The third-order valence-corrected chi connectivity index (χ3v) is 4.87. The van der Waals surface area contributed by atoms with E-state index >= 15 is 0 Å². The van der Waals surface area contributed by atoms with Crippen molar-refractivity contribution in [2.45, 2.75) is 6.92 Å². The number of methoxy groups -OCH3 is 1. The lowest BCUT2D eigenvalue weighted by Gasteiger charge is -2.35. The Morgan fingerprint density at radius 3 is 1.93 bits per heavy atom. The molecule has 1 aliphatic rings. The molecular formula is C21H22N2O5. The smallest absolute Gasteiger partial charge is 0.335 e. The molecule has 7 heteroatoms. The summed E-state index contributed by atoms with van der Waals surface area (Å²) in [6.07, 6.45) is 0. The van der Waals surface area contributed by atoms with Crippen molar-refractivity contribution in [3.8, 4) is 5.75 Å². The van der Waals surface area contributed by atoms with Gasteiger partial charge < -0.3 is 19.6 Å². The van der Waals surface area contributed by atoms with Gasteiger partial charge in [0.1, 0.15) is 5.75 Å². The molecule has 0 atom stereocenters. The monoisotopic (exact) mass is 382 g/mol. The number of piperazine rings is 1. The van der Waals surface area contributed by atoms with E-state index in [-0.39, 0.29) is 17.4 Å². The van der Waals surface area contributed by atoms with Crippen molar-refractivity contribution < 1.29 is 24.2 Å². The summed E-state index contributed by atoms with van der Waals surface area (Å²) in [6, 6.07) is 11.3. The van der Waals surface area contributed by atoms with Gasteiger partial charge in [-0.15, -0.1) is 0 Å². The van der Waals surface area contributed by atoms with Crippen molar-refractivity contribution >= 4 is 17.8 Å². The van der Waals surface area contributed by atoms with Crippen molar-refractivity contribution in [2.24, 2.45) is 0 Å². The van der Waals surface area contributed by atoms with Crippen LogP contribution in [0.3, 0.4) is 0 Å². The number of carboxylic acid groups (broad SMARTS) is 1. The average Bonchev–Trinajstić information content (AvgIpc) is 2.73. The number of benzene rings is 2. The van der Waals surface area contributed by atoms with E-state index in [1.165, 1.54) is 12.1 Å². The number of amides is 2. The molecule has 2 aromatic rings. The van der Waals surface area contributed by atoms with E-state index in [0.29, 0.717) is 43.1 Å². The molecule has 2 amide bonds. The van der Waals surface area contributed by atoms with Crippen molar-refractivity contribution in [3.05, 3.63) is 64.7 Å². The van der Waals surface area contributed by atoms with Gasteiger partial charge in [-0.3, -0.25) is 9.59 Å². The molecule has 0 unspecified atom stereocenters. The number of ether oxygens (including phenoxy) is 1. The summed E-state index contributed by atoms with van der Waals surface area (Å²) in [4.78, 5) is 39.8. The molecule has 2 aromatic carbocycles. The van der Waals surface area contributed by atoms with E-state index in [9.17, 15) is 14.4 Å². The van der Waals surface area contributed by atoms with E-state index in [2.05, 4.69) is 0 Å². The maximum atomic E-state index is 12.7. The summed E-state index contributed by atoms with van der Waals surface area (Å²) < 4.78 is 5.28. The maximum Gasteiger partial charge on any atom is 0.335 e. The Hall–Kier alpha value is -3.35. The number of aryl methyl sites for hydroxylation is 1. The molecule has 0 aliphatic carbocycles. The second-order valence-corrected chi connectivity index (χ2v) is 6.65. The van der Waals surface area contributed by atoms with Crippen LogP contribution in [0.25, 0.3) is 0 Å². The average molecular weight is 382 g/mol. The maximum absolute atomic E-state index is 12.7. The summed E-state index contributed by atoms with van der Waals surface area (Å²) in [5, 5.41) is 9.08. The van der Waals surface area contributed by atoms with Crippen LogP contribution in [-0.2, 0) is 0 Å². The second kappa shape index (κ2) is 8.12. The quantitative estimate of drug-likeness (QED) is 0.877. The molecule has 1 N–H and O–H groups in total. The lowest BCUT2D eigenvalue weighted by Crippen LogP contribution is -2.50. The predicted octanol–water partition coefficient (Wildman–Crippen LogP) is 2.30. The van der Waals surface area contributed by atoms with E-state index in [1.54, 1.807) is 41.2 Å². The highest BCUT2D eigenvalue weighted by Crippen LogP contribution is 2.21. The number of carboxylic acids is 1. The minimum Gasteiger partial charge on any atom is -0.496 e. The van der Waals surface area contributed by atoms with Gasteiger partial charge >= 0.3 is 5.97 Å². The van der Waals surface area contributed by atoms with Crippen molar-refractivity contribution in [1.29, 1.82) is 0 Å². The van der Waals surface area contributed by atoms with Crippen LogP contribution in [0, 0.1) is 6.92 Å². The first-order valence-corrected chi connectivity index (χ1v) is 8.97. The number of rotatable bonds is 4. The van der Waals surface area contributed by atoms with Gasteiger partial charge in [0.15, 0.2) is 0 Å². The van der Waals surface area contributed by atoms with Gasteiger partial charge in [0.2, 0.25) is 0 Å². The topological polar surface area (TPSA) is 87.2 Å². The molecule has 7 nitrogen and oxygen atoms in total. The molecule has 28 heavy (non-hydrogen) atoms. The standard InChI is InChI=1S/C21H22N2O5/c1-14-6-7-16(13-18(14)28-2)20(25)23-10-8-22(9-11-23)19(24)15-4-3-5-17(12-15)21(26)27/h3-7,12-13H,8-11H2,1-2H3,(H,26,27). The third kappa shape index (κ3) is 3.98. The van der Waals surface area contributed by atoms with Gasteiger partial charge in [0, 0.05) is 37.3 Å². The third-order valence-electron chi connectivity index (χ3n) is 4.87. The van der Waals surface area contributed by atoms with Gasteiger partial charge in [0.25, 0.3) is 11.8 Å². The zero-order valence-electron chi connectivity index (χ0n) is 15.8. The molecule has 0 aromatic heterocycles. The fourth-order valence-electron chi connectivity index (χ4n) is 3.22. The minimum atomic E-state index is -1.07. The molecular weight excluding hydrogens is 360 g/mol. The number of hydrogen-bond acceptors (Lipinski definition) is 4. The Kier molecular flexibility index (Phi) is 5.63. The van der Waals surface area contributed by atoms with Gasteiger partial charge in [-0.05, 0) is 42.8 Å². The van der Waals surface area contributed by atoms with Crippen LogP contribution in [-0.4, -0.2) is 66.0 Å². The van der Waals surface area contributed by atoms with E-state index in [1.807, 2.05) is 13.0 Å². The summed E-state index contributed by atoms with van der Waals surface area (Å²) in [7, 11) is 1.57. The van der Waals surface area contributed by atoms with Crippen molar-refractivity contribution in [3.63, 3.8) is 0 Å². The Balaban J connectivity index is 1.65. The van der Waals surface area contributed by atoms with Gasteiger partial charge in [-0.1, -0.05) is 12.1 Å². The van der Waals surface area contributed by atoms with Gasteiger partial charge in [-0.25, -0.2) is 4.79 Å². The zero-order valence-corrected chi connectivity index (χ0v) is 15.8. The fraction of sp³-hybridized carbons (Fsp3) is 0.286. The highest BCUT2D eigenvalue weighted by atomic mass is 16.5. The van der Waals surface area contributed by atoms with Crippen LogP contribution < -0.4 is 4.74 Å². The normalized spacial score (nSPS) is 13.9. The molecule has 0 saturated carbocycles. The number of hydrogen-bond donors (Lipinski definition) is 1. The van der Waals surface area contributed by atoms with Crippen molar-refractivity contribution in [1.82, 2.24) is 9.80 Å². The Morgan fingerprint density at radius 1 is 0.857 bits per heavy atom. The fourth-order valence-corrected chi connectivity index (χ4v) is 3.22. The minimum absolute atomic E-state index is 0.0768. The zero-order chi connectivity index (χ0) is 20.3. The first-order chi connectivity index (χ1) is 13.4. The first-order valence-electron chi connectivity index (χ1n) is 8.97. The molecule has 0 bridgehead atoms. The molecule has 0 spiro atoms. The summed E-state index contributed by atoms with van der Waals surface area (Å²) >= 11 is 0. The van der Waals surface area contributed by atoms with Crippen LogP contribution in [0.5, 0.6) is 5.75 Å². The van der Waals surface area contributed by atoms with E-state index in [0.717, 1.165) is 5.56 Å². The molecule has 1 fully saturated rings. The molecule has 146 valence electrons. The molecule has 1 saturated heterocycles. The van der Waals surface area contributed by atoms with E-state index in [4.69, 9.17) is 9.84 Å². The summed E-state index contributed by atoms with van der Waals surface area (Å²) in [5.41, 5.74) is 1.92. The van der Waals surface area contributed by atoms with E-state index < -0.39 is 5.97 Å². The van der Waals surface area contributed by atoms with Crippen LogP contribution in [0.1, 0.15) is 36.6 Å². The second-order valence-electron chi connectivity index (χ2n) is 6.65. The molecule has 0 radical (unpaired) electrons. The van der Waals surface area contributed by atoms with Crippen molar-refractivity contribution in [2.75, 3.05) is 33.3 Å². The lowest BCUT2D eigenvalue weighted by molar-refractivity contribution is 0.0535. The number of carbonyl (C=O) groups is 3. The van der Waals surface area contributed by atoms with Gasteiger partial charge in [-0.2, -0.15) is 0 Å². The predicted molar refractivity (Wildman–Crippen MR) is 103 cm³/mol. The van der Waals surface area contributed by atoms with Crippen LogP contribution >= 0.6 is 0 Å². The Bertz CT molecular complexity index is 917. The SMILES string of the molecule is COc1cc(C(=O)N2CCN(C(=O)c3cccc(C(=O)O)c3)CC2)ccc1C. The lowest BCUT2D eigenvalue weighted by atomic mass is 10.1. The molecule has 1 heterocycles. The Morgan fingerprint density at radius 2 is 1.39 bits per heavy atom. The number of carbonyl (C=O) groups excluding carboxylic acids is 2. The summed E-state index contributed by atoms with van der Waals surface area (Å²) in [5.74, 6) is -0.734. The highest BCUT2D eigenvalue weighted by molar-refractivity contribution is 5.98. The largest absolute Gasteiger partial charge is 0.496 e. The molecule has 3 rings (SSSR count). The number of aromatic carboxylic acids is 1. The number of nitrogens with zero attached hydrogens (tertiary/aromatic N) is 2. The molecule has 1 aliphatic heterocycles.